The van der Waals surface area contributed by atoms with Crippen molar-refractivity contribution in [3.8, 4) is 0 Å². The summed E-state index contributed by atoms with van der Waals surface area (Å²) >= 11 is 8.72. The number of halogens is 1. The van der Waals surface area contributed by atoms with E-state index in [1.54, 1.807) is 11.3 Å². The van der Waals surface area contributed by atoms with Crippen LogP contribution in [0.25, 0.3) is 0 Å². The van der Waals surface area contributed by atoms with Crippen LogP contribution in [0.2, 0.25) is 0 Å². The molecule has 0 aliphatic carbocycles. The smallest absolute Gasteiger partial charge is 0.243 e. The summed E-state index contributed by atoms with van der Waals surface area (Å²) in [6, 6.07) is 3.91. The van der Waals surface area contributed by atoms with Gasteiger partial charge in [-0.05, 0) is 34.9 Å². The topological polar surface area (TPSA) is 17.1 Å². The van der Waals surface area contributed by atoms with Crippen LogP contribution in [0.3, 0.4) is 0 Å². The fourth-order valence-corrected chi connectivity index (χ4v) is 3.70. The molecule has 1 aromatic heterocycles. The van der Waals surface area contributed by atoms with Gasteiger partial charge in [-0.2, -0.15) is 0 Å². The van der Waals surface area contributed by atoms with Gasteiger partial charge in [0, 0.05) is 4.88 Å². The van der Waals surface area contributed by atoms with Crippen LogP contribution in [0, 0.1) is 0 Å². The zero-order chi connectivity index (χ0) is 9.31. The number of carbonyl (C=O) groups excluding carboxylic acids is 1. The minimum atomic E-state index is -0.532. The fraction of sp³-hybridized carbons (Fsp3) is 0.222. The van der Waals surface area contributed by atoms with E-state index in [1.165, 1.54) is 11.8 Å². The molecule has 13 heavy (non-hydrogen) atoms. The second kappa shape index (κ2) is 3.48. The number of carbonyl (C=O) groups is 1. The lowest BCUT2D eigenvalue weighted by Crippen LogP contribution is -2.24. The second-order valence-electron chi connectivity index (χ2n) is 2.77. The first-order valence-corrected chi connectivity index (χ1v) is 5.96. The van der Waals surface area contributed by atoms with Crippen molar-refractivity contribution >= 4 is 39.9 Å². The van der Waals surface area contributed by atoms with E-state index in [2.05, 4.69) is 0 Å². The maximum atomic E-state index is 11.4. The minimum absolute atomic E-state index is 0.273. The largest absolute Gasteiger partial charge is 0.279 e. The molecule has 2 rings (SSSR count). The average Bonchev–Trinajstić information content (AvgIpc) is 2.75. The summed E-state index contributed by atoms with van der Waals surface area (Å²) in [5, 5.41) is 3.64. The summed E-state index contributed by atoms with van der Waals surface area (Å²) in [5.74, 6) is 0. The van der Waals surface area contributed by atoms with Gasteiger partial charge >= 0.3 is 0 Å². The zero-order valence-corrected chi connectivity index (χ0v) is 9.09. The summed E-state index contributed by atoms with van der Waals surface area (Å²) in [7, 11) is 0. The summed E-state index contributed by atoms with van der Waals surface area (Å²) < 4.78 is -0.532. The van der Waals surface area contributed by atoms with Gasteiger partial charge in [0.15, 0.2) is 0 Å². The molecule has 0 radical (unpaired) electrons. The molecule has 0 unspecified atom stereocenters. The van der Waals surface area contributed by atoms with E-state index in [4.69, 9.17) is 11.6 Å². The molecule has 1 aliphatic heterocycles. The lowest BCUT2D eigenvalue weighted by atomic mass is 10.0. The Morgan fingerprint density at radius 1 is 1.62 bits per heavy atom. The van der Waals surface area contributed by atoms with Crippen molar-refractivity contribution in [3.05, 3.63) is 33.9 Å². The molecule has 68 valence electrons. The van der Waals surface area contributed by atoms with Gasteiger partial charge in [-0.3, -0.25) is 4.79 Å². The highest BCUT2D eigenvalue weighted by Gasteiger charge is 2.41. The van der Waals surface area contributed by atoms with Gasteiger partial charge < -0.3 is 0 Å². The average molecular weight is 231 g/mol. The lowest BCUT2D eigenvalue weighted by Gasteiger charge is -2.21. The molecule has 1 atom stereocenters. The number of hydrogen-bond donors (Lipinski definition) is 0. The van der Waals surface area contributed by atoms with E-state index < -0.39 is 4.75 Å². The highest BCUT2D eigenvalue weighted by Crippen LogP contribution is 2.48. The van der Waals surface area contributed by atoms with Crippen LogP contribution in [0.1, 0.15) is 11.3 Å². The monoisotopic (exact) mass is 230 g/mol. The van der Waals surface area contributed by atoms with Crippen molar-refractivity contribution in [1.29, 1.82) is 0 Å². The Hall–Kier alpha value is -0.250. The molecule has 1 aromatic rings. The maximum Gasteiger partial charge on any atom is 0.243 e. The van der Waals surface area contributed by atoms with Gasteiger partial charge in [0.25, 0.3) is 0 Å². The minimum Gasteiger partial charge on any atom is -0.279 e. The van der Waals surface area contributed by atoms with Crippen molar-refractivity contribution in [3.63, 3.8) is 0 Å². The van der Waals surface area contributed by atoms with Crippen molar-refractivity contribution in [2.45, 2.75) is 11.2 Å². The molecular formula is C9H7ClOS2. The quantitative estimate of drug-likeness (QED) is 0.725. The van der Waals surface area contributed by atoms with Crippen molar-refractivity contribution in [2.24, 2.45) is 0 Å². The van der Waals surface area contributed by atoms with Crippen LogP contribution in [-0.2, 0) is 9.54 Å². The van der Waals surface area contributed by atoms with Crippen molar-refractivity contribution in [2.75, 3.05) is 0 Å². The zero-order valence-electron chi connectivity index (χ0n) is 6.70. The van der Waals surface area contributed by atoms with Gasteiger partial charge in [0.1, 0.15) is 4.75 Å². The number of allylic oxidation sites excluding steroid dienone is 1. The Labute approximate surface area is 89.8 Å². The van der Waals surface area contributed by atoms with E-state index in [0.29, 0.717) is 6.42 Å². The molecule has 0 saturated heterocycles. The van der Waals surface area contributed by atoms with E-state index in [9.17, 15) is 4.79 Å². The Kier molecular flexibility index (Phi) is 2.49. The van der Waals surface area contributed by atoms with Crippen LogP contribution in [0.5, 0.6) is 0 Å². The van der Waals surface area contributed by atoms with E-state index in [0.717, 1.165) is 4.88 Å². The Bertz CT molecular complexity index is 335. The molecule has 0 saturated carbocycles. The van der Waals surface area contributed by atoms with E-state index in [1.807, 2.05) is 29.0 Å². The van der Waals surface area contributed by atoms with Crippen LogP contribution in [-0.4, -0.2) is 5.24 Å². The summed E-state index contributed by atoms with van der Waals surface area (Å²) in [6.07, 6.45) is 2.70. The first-order valence-electron chi connectivity index (χ1n) is 3.82. The molecule has 0 aromatic carbocycles. The van der Waals surface area contributed by atoms with Gasteiger partial charge in [0.05, 0.1) is 0 Å². The summed E-state index contributed by atoms with van der Waals surface area (Å²) in [4.78, 5) is 12.4. The highest BCUT2D eigenvalue weighted by molar-refractivity contribution is 8.04. The number of thioether (sulfide) groups is 1. The Morgan fingerprint density at radius 2 is 2.46 bits per heavy atom. The third-order valence-corrected chi connectivity index (χ3v) is 4.91. The Morgan fingerprint density at radius 3 is 2.92 bits per heavy atom. The van der Waals surface area contributed by atoms with Crippen LogP contribution in [0.15, 0.2) is 29.0 Å². The highest BCUT2D eigenvalue weighted by atomic mass is 35.5. The fourth-order valence-electron chi connectivity index (χ4n) is 1.32. The summed E-state index contributed by atoms with van der Waals surface area (Å²) in [5.41, 5.74) is 0. The molecule has 0 amide bonds. The van der Waals surface area contributed by atoms with Crippen LogP contribution in [0.4, 0.5) is 0 Å². The lowest BCUT2D eigenvalue weighted by molar-refractivity contribution is -0.113. The first kappa shape index (κ1) is 9.31. The Balaban J connectivity index is 2.41. The SMILES string of the molecule is O=C(Cl)[C@]1(c2cccs2)CC=CS1. The predicted molar refractivity (Wildman–Crippen MR) is 58.2 cm³/mol. The molecule has 1 nitrogen and oxygen atoms in total. The number of hydrogen-bond acceptors (Lipinski definition) is 3. The molecule has 0 spiro atoms. The van der Waals surface area contributed by atoms with Gasteiger partial charge in [-0.25, -0.2) is 0 Å². The predicted octanol–water partition coefficient (Wildman–Crippen LogP) is 3.36. The van der Waals surface area contributed by atoms with Gasteiger partial charge in [0.2, 0.25) is 5.24 Å². The standard InChI is InChI=1S/C9H7ClOS2/c10-8(11)9(4-2-6-13-9)7-3-1-5-12-7/h1-3,5-6H,4H2/t9-/m1/s1. The number of rotatable bonds is 2. The molecule has 2 heterocycles. The van der Waals surface area contributed by atoms with Crippen molar-refractivity contribution in [1.82, 2.24) is 0 Å². The third kappa shape index (κ3) is 1.45. The van der Waals surface area contributed by atoms with Crippen molar-refractivity contribution < 1.29 is 4.79 Å². The normalized spacial score (nSPS) is 26.5. The maximum absolute atomic E-state index is 11.4. The molecule has 0 bridgehead atoms. The van der Waals surface area contributed by atoms with E-state index >= 15 is 0 Å². The van der Waals surface area contributed by atoms with Crippen LogP contribution < -0.4 is 0 Å². The van der Waals surface area contributed by atoms with E-state index in [-0.39, 0.29) is 5.24 Å². The van der Waals surface area contributed by atoms with Gasteiger partial charge in [-0.15, -0.1) is 23.1 Å². The first-order chi connectivity index (χ1) is 6.26. The second-order valence-corrected chi connectivity index (χ2v) is 5.27. The van der Waals surface area contributed by atoms with Gasteiger partial charge in [-0.1, -0.05) is 12.1 Å². The molecule has 4 heteroatoms. The number of thiophene rings is 1. The molecule has 1 aliphatic rings. The molecule has 0 N–H and O–H groups in total. The van der Waals surface area contributed by atoms with Crippen LogP contribution >= 0.6 is 34.7 Å². The molecule has 0 fully saturated rings. The summed E-state index contributed by atoms with van der Waals surface area (Å²) in [6.45, 7) is 0. The molecular weight excluding hydrogens is 224 g/mol. The third-order valence-electron chi connectivity index (χ3n) is 2.01.